The van der Waals surface area contributed by atoms with E-state index >= 15 is 0 Å². The molecule has 1 aliphatic heterocycles. The van der Waals surface area contributed by atoms with Crippen LogP contribution in [0.2, 0.25) is 0 Å². The molecule has 0 nitrogen and oxygen atoms in total. The van der Waals surface area contributed by atoms with Crippen molar-refractivity contribution in [2.45, 2.75) is 11.3 Å². The fraction of sp³-hybridized carbons (Fsp3) is 0.200. The second-order valence-corrected chi connectivity index (χ2v) is 4.83. The zero-order valence-electron chi connectivity index (χ0n) is 6.91. The summed E-state index contributed by atoms with van der Waals surface area (Å²) in [5, 5.41) is 0. The zero-order valence-corrected chi connectivity index (χ0v) is 8.54. The van der Waals surface area contributed by atoms with Gasteiger partial charge in [-0.2, -0.15) is 0 Å². The van der Waals surface area contributed by atoms with Crippen molar-refractivity contribution < 1.29 is 0 Å². The summed E-state index contributed by atoms with van der Waals surface area (Å²) in [6, 6.07) is 8.62. The molecule has 12 heavy (non-hydrogen) atoms. The Labute approximate surface area is 81.4 Å². The van der Waals surface area contributed by atoms with Crippen molar-refractivity contribution in [3.63, 3.8) is 0 Å². The van der Waals surface area contributed by atoms with E-state index in [2.05, 4.69) is 36.6 Å². The van der Waals surface area contributed by atoms with E-state index in [0.717, 1.165) is 6.42 Å². The fourth-order valence-corrected chi connectivity index (χ4v) is 2.91. The first kappa shape index (κ1) is 8.27. The maximum absolute atomic E-state index is 2.30. The molecule has 2 heteroatoms. The van der Waals surface area contributed by atoms with Crippen LogP contribution in [0, 0.1) is 0 Å². The lowest BCUT2D eigenvalue weighted by atomic mass is 10.1. The summed E-state index contributed by atoms with van der Waals surface area (Å²) in [6.07, 6.45) is 5.53. The highest BCUT2D eigenvalue weighted by atomic mass is 32.2. The quantitative estimate of drug-likeness (QED) is 0.670. The largest absolute Gasteiger partial charge is 0.123 e. The Balaban J connectivity index is 2.31. The fourth-order valence-electron chi connectivity index (χ4n) is 1.24. The van der Waals surface area contributed by atoms with E-state index < -0.39 is 0 Å². The van der Waals surface area contributed by atoms with E-state index in [1.54, 1.807) is 0 Å². The third kappa shape index (κ3) is 1.54. The van der Waals surface area contributed by atoms with Gasteiger partial charge in [0.15, 0.2) is 0 Å². The van der Waals surface area contributed by atoms with Crippen molar-refractivity contribution in [2.24, 2.45) is 0 Å². The number of hydrogen-bond acceptors (Lipinski definition) is 2. The minimum absolute atomic E-state index is 1.10. The molecule has 1 aromatic rings. The molecule has 0 saturated heterocycles. The topological polar surface area (TPSA) is 0 Å². The van der Waals surface area contributed by atoms with Crippen LogP contribution in [0.1, 0.15) is 5.56 Å². The van der Waals surface area contributed by atoms with Crippen LogP contribution >= 0.6 is 23.5 Å². The molecule has 0 fully saturated rings. The van der Waals surface area contributed by atoms with Crippen LogP contribution in [-0.2, 0) is 6.42 Å². The number of allylic oxidation sites excluding steroid dienone is 1. The Hall–Kier alpha value is -0.340. The molecule has 0 bridgehead atoms. The molecule has 62 valence electrons. The predicted octanol–water partition coefficient (Wildman–Crippen LogP) is 3.54. The summed E-state index contributed by atoms with van der Waals surface area (Å²) in [7, 11) is 0. The molecule has 1 aromatic carbocycles. The lowest BCUT2D eigenvalue weighted by molar-refractivity contribution is 1.17. The summed E-state index contributed by atoms with van der Waals surface area (Å²) in [6.45, 7) is 0. The maximum atomic E-state index is 2.30. The van der Waals surface area contributed by atoms with Crippen LogP contribution in [-0.4, -0.2) is 6.26 Å². The molecule has 0 amide bonds. The lowest BCUT2D eigenvalue weighted by Crippen LogP contribution is -1.91. The predicted molar refractivity (Wildman–Crippen MR) is 57.6 cm³/mol. The normalized spacial score (nSPS) is 15.2. The van der Waals surface area contributed by atoms with Crippen LogP contribution in [0.15, 0.2) is 39.5 Å². The summed E-state index contributed by atoms with van der Waals surface area (Å²) in [4.78, 5) is 1.42. The smallest absolute Gasteiger partial charge is 0.0410 e. The van der Waals surface area contributed by atoms with Gasteiger partial charge in [-0.05, 0) is 24.3 Å². The summed E-state index contributed by atoms with van der Waals surface area (Å²) >= 11 is 3.71. The Kier molecular flexibility index (Phi) is 2.47. The van der Waals surface area contributed by atoms with Crippen molar-refractivity contribution in [1.82, 2.24) is 0 Å². The standard InChI is InChI=1S/C10H10S2/c1-11-10-7-6-8-4-2-3-5-9(8)12-10/h2-5,7H,6H2,1H3. The molecule has 2 rings (SSSR count). The first-order valence-electron chi connectivity index (χ1n) is 3.90. The van der Waals surface area contributed by atoms with Crippen LogP contribution in [0.3, 0.4) is 0 Å². The Morgan fingerprint density at radius 3 is 3.00 bits per heavy atom. The third-order valence-electron chi connectivity index (χ3n) is 1.87. The van der Waals surface area contributed by atoms with E-state index in [1.165, 1.54) is 14.7 Å². The number of thioether (sulfide) groups is 2. The van der Waals surface area contributed by atoms with Crippen molar-refractivity contribution >= 4 is 23.5 Å². The third-order valence-corrected chi connectivity index (χ3v) is 4.18. The highest BCUT2D eigenvalue weighted by Gasteiger charge is 2.09. The number of hydrogen-bond donors (Lipinski definition) is 0. The highest BCUT2D eigenvalue weighted by molar-refractivity contribution is 8.22. The minimum atomic E-state index is 1.10. The van der Waals surface area contributed by atoms with Gasteiger partial charge < -0.3 is 0 Å². The van der Waals surface area contributed by atoms with Gasteiger partial charge in [0, 0.05) is 9.13 Å². The average Bonchev–Trinajstić information content (AvgIpc) is 2.17. The molecule has 0 atom stereocenters. The molecule has 0 aromatic heterocycles. The molecule has 0 unspecified atom stereocenters. The number of rotatable bonds is 1. The summed E-state index contributed by atoms with van der Waals surface area (Å²) in [5.74, 6) is 0. The molecular weight excluding hydrogens is 184 g/mol. The van der Waals surface area contributed by atoms with E-state index in [1.807, 2.05) is 23.5 Å². The monoisotopic (exact) mass is 194 g/mol. The Bertz CT molecular complexity index is 315. The van der Waals surface area contributed by atoms with Crippen LogP contribution < -0.4 is 0 Å². The van der Waals surface area contributed by atoms with Gasteiger partial charge in [-0.25, -0.2) is 0 Å². The molecule has 0 radical (unpaired) electrons. The van der Waals surface area contributed by atoms with Crippen molar-refractivity contribution in [2.75, 3.05) is 6.26 Å². The van der Waals surface area contributed by atoms with Gasteiger partial charge in [0.1, 0.15) is 0 Å². The highest BCUT2D eigenvalue weighted by Crippen LogP contribution is 2.39. The summed E-state index contributed by atoms with van der Waals surface area (Å²) in [5.41, 5.74) is 1.46. The molecule has 0 saturated carbocycles. The molecule has 1 aliphatic rings. The minimum Gasteiger partial charge on any atom is -0.123 e. The van der Waals surface area contributed by atoms with Crippen molar-refractivity contribution in [3.05, 3.63) is 40.1 Å². The molecule has 0 aliphatic carbocycles. The molecular formula is C10H10S2. The molecule has 1 heterocycles. The molecule has 0 N–H and O–H groups in total. The van der Waals surface area contributed by atoms with E-state index in [-0.39, 0.29) is 0 Å². The Morgan fingerprint density at radius 1 is 1.33 bits per heavy atom. The van der Waals surface area contributed by atoms with Gasteiger partial charge in [0.2, 0.25) is 0 Å². The van der Waals surface area contributed by atoms with Crippen LogP contribution in [0.5, 0.6) is 0 Å². The van der Waals surface area contributed by atoms with E-state index in [4.69, 9.17) is 0 Å². The van der Waals surface area contributed by atoms with Gasteiger partial charge in [-0.1, -0.05) is 36.0 Å². The summed E-state index contributed by atoms with van der Waals surface area (Å²) < 4.78 is 1.42. The van der Waals surface area contributed by atoms with E-state index in [9.17, 15) is 0 Å². The van der Waals surface area contributed by atoms with Gasteiger partial charge in [-0.15, -0.1) is 11.8 Å². The van der Waals surface area contributed by atoms with Crippen molar-refractivity contribution in [3.8, 4) is 0 Å². The Morgan fingerprint density at radius 2 is 2.17 bits per heavy atom. The zero-order chi connectivity index (χ0) is 8.39. The van der Waals surface area contributed by atoms with Gasteiger partial charge in [0.05, 0.1) is 0 Å². The van der Waals surface area contributed by atoms with Crippen LogP contribution in [0.25, 0.3) is 0 Å². The molecule has 0 spiro atoms. The second kappa shape index (κ2) is 3.58. The second-order valence-electron chi connectivity index (χ2n) is 2.64. The first-order chi connectivity index (χ1) is 5.90. The lowest BCUT2D eigenvalue weighted by Gasteiger charge is -2.13. The van der Waals surface area contributed by atoms with Crippen LogP contribution in [0.4, 0.5) is 0 Å². The van der Waals surface area contributed by atoms with E-state index in [0.29, 0.717) is 0 Å². The van der Waals surface area contributed by atoms with Gasteiger partial charge in [0.25, 0.3) is 0 Å². The van der Waals surface area contributed by atoms with Gasteiger partial charge >= 0.3 is 0 Å². The number of fused-ring (bicyclic) bond motifs is 1. The average molecular weight is 194 g/mol. The maximum Gasteiger partial charge on any atom is 0.0410 e. The SMILES string of the molecule is CSC1=CCc2ccccc2S1. The number of benzene rings is 1. The van der Waals surface area contributed by atoms with Crippen molar-refractivity contribution in [1.29, 1.82) is 0 Å². The van der Waals surface area contributed by atoms with Gasteiger partial charge in [-0.3, -0.25) is 0 Å². The first-order valence-corrected chi connectivity index (χ1v) is 5.94.